The number of benzene rings is 2. The van der Waals surface area contributed by atoms with Gasteiger partial charge in [0.1, 0.15) is 20.2 Å². The number of allylic oxidation sites excluding steroid dienone is 8. The number of aliphatic hydroxyl groups is 2. The minimum absolute atomic E-state index is 0.0351. The molecule has 4 unspecified atom stereocenters. The van der Waals surface area contributed by atoms with Crippen LogP contribution >= 0.6 is 12.0 Å². The lowest BCUT2D eigenvalue weighted by atomic mass is 9.71. The van der Waals surface area contributed by atoms with E-state index in [0.29, 0.717) is 96.4 Å². The van der Waals surface area contributed by atoms with E-state index in [2.05, 4.69) is 16.3 Å². The second kappa shape index (κ2) is 20.2. The molecule has 4 atom stereocenters. The van der Waals surface area contributed by atoms with E-state index >= 15 is 0 Å². The second-order valence-electron chi connectivity index (χ2n) is 18.6. The number of aliphatic hydroxyl groups excluding tert-OH is 2. The highest BCUT2D eigenvalue weighted by Crippen LogP contribution is 2.57. The predicted molar refractivity (Wildman–Crippen MR) is 247 cm³/mol. The van der Waals surface area contributed by atoms with Crippen LogP contribution in [0.15, 0.2) is 87.1 Å². The Labute approximate surface area is 406 Å². The zero-order valence-corrected chi connectivity index (χ0v) is 42.1. The van der Waals surface area contributed by atoms with Crippen LogP contribution in [0.1, 0.15) is 81.9 Å². The number of fused-ring (bicyclic) bond motifs is 6. The van der Waals surface area contributed by atoms with Crippen molar-refractivity contribution >= 4 is 69.6 Å². The van der Waals surface area contributed by atoms with E-state index < -0.39 is 92.2 Å². The molecule has 1 saturated carbocycles. The van der Waals surface area contributed by atoms with Crippen LogP contribution in [0.4, 0.5) is 11.4 Å². The summed E-state index contributed by atoms with van der Waals surface area (Å²) in [6.45, 7) is 4.98. The molecule has 1 fully saturated rings. The first kappa shape index (κ1) is 53.3. The minimum atomic E-state index is -4.93. The molecule has 2 aromatic rings. The summed E-state index contributed by atoms with van der Waals surface area (Å²) < 4.78 is 151. The van der Waals surface area contributed by atoms with Gasteiger partial charge in [0.25, 0.3) is 0 Å². The first-order chi connectivity index (χ1) is 32.1. The third kappa shape index (κ3) is 11.9. The van der Waals surface area contributed by atoms with Gasteiger partial charge in [-0.25, -0.2) is 38.2 Å². The molecular formula is C44H53N3O17S5-4. The largest absolute Gasteiger partial charge is 0.748 e. The third-order valence-electron chi connectivity index (χ3n) is 13.6. The summed E-state index contributed by atoms with van der Waals surface area (Å²) in [5.74, 6) is -2.88. The molecule has 5 aliphatic rings. The van der Waals surface area contributed by atoms with E-state index in [1.807, 2.05) is 49.1 Å². The van der Waals surface area contributed by atoms with Gasteiger partial charge in [-0.05, 0) is 131 Å². The molecule has 0 amide bonds. The van der Waals surface area contributed by atoms with Crippen LogP contribution in [0, 0.1) is 6.92 Å². The van der Waals surface area contributed by atoms with Crippen molar-refractivity contribution in [2.75, 3.05) is 59.0 Å². The van der Waals surface area contributed by atoms with Crippen LogP contribution in [-0.4, -0.2) is 134 Å². The maximum Gasteiger partial charge on any atom is 0.206 e. The maximum absolute atomic E-state index is 12.3. The molecule has 0 saturated heterocycles. The molecule has 0 bridgehead atoms. The molecule has 7 rings (SSSR count). The zero-order valence-electron chi connectivity index (χ0n) is 38.0. The van der Waals surface area contributed by atoms with E-state index in [9.17, 15) is 67.4 Å². The van der Waals surface area contributed by atoms with Crippen molar-refractivity contribution in [3.05, 3.63) is 98.9 Å². The molecule has 0 spiro atoms. The molecule has 2 heterocycles. The van der Waals surface area contributed by atoms with Gasteiger partial charge in [-0.2, -0.15) is 4.33 Å². The number of hydrogen-bond acceptors (Lipinski definition) is 20. The van der Waals surface area contributed by atoms with Crippen LogP contribution < -0.4 is 15.1 Å². The van der Waals surface area contributed by atoms with Crippen molar-refractivity contribution in [3.63, 3.8) is 0 Å². The van der Waals surface area contributed by atoms with Gasteiger partial charge in [0, 0.05) is 69.9 Å². The SMILES string of the molecule is Cc1ccc2c(c1)C1(C)CCCC(C=C3CC/C(=C\C4=C5N(CC(O)CS(=O)(=O)[O-])c6ccc(S(=O)(=O)[O-])cc6C5(C)CCC4)C3=[N+](CCSOO[O-])CCS(=O)(=O)[O-])=C1N2CC(O)CS(=O)(=O)[O-]. The lowest BCUT2D eigenvalue weighted by Crippen LogP contribution is -2.39. The third-order valence-corrected chi connectivity index (χ3v) is 17.2. The Morgan fingerprint density at radius 2 is 1.22 bits per heavy atom. The normalized spacial score (nSPS) is 24.8. The molecule has 0 radical (unpaired) electrons. The fourth-order valence-corrected chi connectivity index (χ4v) is 13.6. The van der Waals surface area contributed by atoms with Crippen LogP contribution in [0.25, 0.3) is 0 Å². The maximum atomic E-state index is 12.3. The van der Waals surface area contributed by atoms with Gasteiger partial charge in [-0.15, -0.1) is 0 Å². The van der Waals surface area contributed by atoms with Crippen molar-refractivity contribution < 1.29 is 81.3 Å². The molecule has 2 N–H and O–H groups in total. The highest BCUT2D eigenvalue weighted by atomic mass is 32.2. The molecule has 380 valence electrons. The van der Waals surface area contributed by atoms with Crippen molar-refractivity contribution in [1.29, 1.82) is 0 Å². The predicted octanol–water partition coefficient (Wildman–Crippen LogP) is 1.96. The second-order valence-corrected chi connectivity index (χ2v) is 25.2. The van der Waals surface area contributed by atoms with E-state index in [1.165, 1.54) is 12.1 Å². The Hall–Kier alpha value is -3.54. The standard InChI is InChI=1S/C44H57N3O17S5/c1-28-8-12-38-36(20-28)43(2)14-4-6-31(41(43)46(38)24-33(48)26-67(54,55)56)21-29-9-10-30(40(29)45(16-18-65-64-63-50)17-19-66(51,52)53)22-32-7-5-15-44(3)37-23-35(69(60,61)62)11-13-39(37)47(42(32)44)25-34(49)27-68(57,58)59/h8,11-13,20-23,33-34,48-49H,4-7,9-10,14-19,24-27H2,1-3H3,(H4-,50,51,52,53,54,55,56,57,58,59,60,61,62)/p-4. The van der Waals surface area contributed by atoms with E-state index in [0.717, 1.165) is 40.6 Å². The fraction of sp³-hybridized carbons (Fsp3) is 0.523. The average molecular weight is 1060 g/mol. The molecule has 3 aliphatic carbocycles. The topological polar surface area (TPSA) is 320 Å². The zero-order chi connectivity index (χ0) is 50.5. The van der Waals surface area contributed by atoms with Crippen LogP contribution in [0.5, 0.6) is 0 Å². The number of aryl methyl sites for hydroxylation is 1. The smallest absolute Gasteiger partial charge is 0.206 e. The van der Waals surface area contributed by atoms with Gasteiger partial charge >= 0.3 is 0 Å². The summed E-state index contributed by atoms with van der Waals surface area (Å²) >= 11 is 0.650. The highest BCUT2D eigenvalue weighted by molar-refractivity contribution is 7.94. The van der Waals surface area contributed by atoms with Crippen molar-refractivity contribution in [1.82, 2.24) is 0 Å². The van der Waals surface area contributed by atoms with Crippen LogP contribution in [-0.2, 0) is 60.7 Å². The summed E-state index contributed by atoms with van der Waals surface area (Å²) in [6, 6.07) is 9.63. The summed E-state index contributed by atoms with van der Waals surface area (Å²) in [5, 5.41) is 36.3. The van der Waals surface area contributed by atoms with Gasteiger partial charge in [-0.1, -0.05) is 17.7 Å². The van der Waals surface area contributed by atoms with Gasteiger partial charge in [0.2, 0.25) is 5.71 Å². The van der Waals surface area contributed by atoms with Crippen LogP contribution in [0.2, 0.25) is 0 Å². The van der Waals surface area contributed by atoms with Gasteiger partial charge in [-0.3, -0.25) is 5.04 Å². The Morgan fingerprint density at radius 3 is 1.68 bits per heavy atom. The quantitative estimate of drug-likeness (QED) is 0.0507. The Balaban J connectivity index is 1.45. The molecule has 20 nitrogen and oxygen atoms in total. The number of hydrogen-bond donors (Lipinski definition) is 2. The number of nitrogens with zero attached hydrogens (tertiary/aromatic N) is 3. The summed E-state index contributed by atoms with van der Waals surface area (Å²) in [7, 11) is -19.4. The minimum Gasteiger partial charge on any atom is -0.748 e. The first-order valence-corrected chi connectivity index (χ1v) is 29.2. The monoisotopic (exact) mass is 1060 g/mol. The van der Waals surface area contributed by atoms with Gasteiger partial charge in [0.15, 0.2) is 13.1 Å². The molecule has 2 aliphatic heterocycles. The number of anilines is 2. The van der Waals surface area contributed by atoms with Crippen molar-refractivity contribution in [3.8, 4) is 0 Å². The summed E-state index contributed by atoms with van der Waals surface area (Å²) in [4.78, 5) is 3.00. The molecular weight excluding hydrogens is 1000 g/mol. The molecule has 69 heavy (non-hydrogen) atoms. The lowest BCUT2D eigenvalue weighted by Gasteiger charge is -2.37. The van der Waals surface area contributed by atoms with E-state index in [1.54, 1.807) is 9.48 Å². The Kier molecular flexibility index (Phi) is 15.6. The first-order valence-electron chi connectivity index (χ1n) is 22.1. The molecule has 25 heteroatoms. The van der Waals surface area contributed by atoms with Gasteiger partial charge in [0.05, 0.1) is 60.4 Å². The fourth-order valence-electron chi connectivity index (χ4n) is 11.1. The highest BCUT2D eigenvalue weighted by Gasteiger charge is 2.49. The van der Waals surface area contributed by atoms with Crippen molar-refractivity contribution in [2.45, 2.75) is 100 Å². The van der Waals surface area contributed by atoms with E-state index in [-0.39, 0.29) is 25.4 Å². The Bertz CT molecular complexity index is 3000. The summed E-state index contributed by atoms with van der Waals surface area (Å²) in [6.07, 6.45) is 4.72. The molecule has 2 aromatic carbocycles. The van der Waals surface area contributed by atoms with Crippen molar-refractivity contribution in [2.24, 2.45) is 0 Å². The number of rotatable bonds is 19. The average Bonchev–Trinajstić information content (AvgIpc) is 3.81. The lowest BCUT2D eigenvalue weighted by molar-refractivity contribution is -0.777. The van der Waals surface area contributed by atoms with Crippen LogP contribution in [0.3, 0.4) is 0 Å². The molecule has 0 aromatic heterocycles. The van der Waals surface area contributed by atoms with Gasteiger partial charge < -0.3 is 43.5 Å². The Morgan fingerprint density at radius 1 is 0.725 bits per heavy atom. The summed E-state index contributed by atoms with van der Waals surface area (Å²) in [5.41, 5.74) is 6.65. The van der Waals surface area contributed by atoms with E-state index in [4.69, 9.17) is 0 Å². The number of β-amino-alcohol motifs (C(OH)–C–C–N with tert-alkyl or cyclic N) is 2.